The van der Waals surface area contributed by atoms with Gasteiger partial charge in [-0.05, 0) is 43.2 Å². The lowest BCUT2D eigenvalue weighted by Crippen LogP contribution is -2.42. The number of nitrogens with one attached hydrogen (secondary N) is 1. The molecule has 0 bridgehead atoms. The molecule has 0 radical (unpaired) electrons. The molecule has 2 atom stereocenters. The van der Waals surface area contributed by atoms with Gasteiger partial charge in [-0.2, -0.15) is 0 Å². The molecule has 8 heteroatoms. The molecule has 1 saturated heterocycles. The number of ether oxygens (including phenoxy) is 2. The van der Waals surface area contributed by atoms with Gasteiger partial charge < -0.3 is 24.3 Å². The Morgan fingerprint density at radius 1 is 1.34 bits per heavy atom. The normalized spacial score (nSPS) is 19.8. The van der Waals surface area contributed by atoms with Gasteiger partial charge in [-0.15, -0.1) is 6.58 Å². The Balaban J connectivity index is 1.62. The Kier molecular flexibility index (Phi) is 5.93. The Hall–Kier alpha value is -3.26. The fourth-order valence-electron chi connectivity index (χ4n) is 3.17. The number of methoxy groups -OCH3 is 1. The molecular formula is C21H24N2O6. The fraction of sp³-hybridized carbons (Fsp3) is 0.333. The van der Waals surface area contributed by atoms with Gasteiger partial charge in [0.25, 0.3) is 5.91 Å². The molecule has 8 nitrogen and oxygen atoms in total. The lowest BCUT2D eigenvalue weighted by Gasteiger charge is -2.21. The molecule has 2 aromatic rings. The van der Waals surface area contributed by atoms with E-state index in [-0.39, 0.29) is 13.2 Å². The number of rotatable bonds is 9. The highest BCUT2D eigenvalue weighted by Gasteiger charge is 2.51. The van der Waals surface area contributed by atoms with Crippen LogP contribution in [-0.4, -0.2) is 48.3 Å². The zero-order valence-corrected chi connectivity index (χ0v) is 16.4. The number of urea groups is 1. The third-order valence-corrected chi connectivity index (χ3v) is 4.72. The number of β-amino-alcohol motifs (C(OH)–C–C–N with tert-alkyl or cyclic N) is 1. The standard InChI is InChI=1S/C21H24N2O6/c1-4-6-14-8-9-16(17(11-14)27-3)29-13-15(24)12-23-19(25)21(2,22-20(23)26)18-7-5-10-28-18/h4-5,7-11,15,24H,1,6,12-13H2,2-3H3,(H,22,26). The number of allylic oxidation sites excluding steroid dienone is 1. The van der Waals surface area contributed by atoms with Gasteiger partial charge in [-0.25, -0.2) is 4.79 Å². The van der Waals surface area contributed by atoms with Crippen LogP contribution in [-0.2, 0) is 16.8 Å². The van der Waals surface area contributed by atoms with Crippen molar-refractivity contribution in [2.24, 2.45) is 0 Å². The van der Waals surface area contributed by atoms with Crippen molar-refractivity contribution in [3.05, 3.63) is 60.6 Å². The van der Waals surface area contributed by atoms with Gasteiger partial charge in [0.15, 0.2) is 17.0 Å². The van der Waals surface area contributed by atoms with Gasteiger partial charge in [0, 0.05) is 0 Å². The summed E-state index contributed by atoms with van der Waals surface area (Å²) in [5.41, 5.74) is -0.285. The van der Waals surface area contributed by atoms with Crippen molar-refractivity contribution in [2.75, 3.05) is 20.3 Å². The number of carbonyl (C=O) groups excluding carboxylic acids is 2. The molecule has 154 valence electrons. The second kappa shape index (κ2) is 8.40. The first kappa shape index (κ1) is 20.5. The van der Waals surface area contributed by atoms with Crippen LogP contribution in [0, 0.1) is 0 Å². The average Bonchev–Trinajstić information content (AvgIpc) is 3.32. The third kappa shape index (κ3) is 4.12. The number of hydrogen-bond donors (Lipinski definition) is 2. The molecule has 3 amide bonds. The van der Waals surface area contributed by atoms with Gasteiger partial charge in [-0.3, -0.25) is 9.69 Å². The quantitative estimate of drug-likeness (QED) is 0.494. The van der Waals surface area contributed by atoms with E-state index in [9.17, 15) is 14.7 Å². The molecule has 2 heterocycles. The van der Waals surface area contributed by atoms with Crippen LogP contribution in [0.5, 0.6) is 11.5 Å². The van der Waals surface area contributed by atoms with Crippen LogP contribution in [0.25, 0.3) is 0 Å². The molecule has 1 aromatic heterocycles. The molecule has 2 unspecified atom stereocenters. The van der Waals surface area contributed by atoms with Crippen LogP contribution in [0.4, 0.5) is 4.79 Å². The smallest absolute Gasteiger partial charge is 0.325 e. The summed E-state index contributed by atoms with van der Waals surface area (Å²) in [6, 6.07) is 8.10. The lowest BCUT2D eigenvalue weighted by molar-refractivity contribution is -0.132. The van der Waals surface area contributed by atoms with Crippen molar-refractivity contribution in [3.8, 4) is 11.5 Å². The summed E-state index contributed by atoms with van der Waals surface area (Å²) in [7, 11) is 1.53. The number of imide groups is 1. The Labute approximate surface area is 168 Å². The summed E-state index contributed by atoms with van der Waals surface area (Å²) in [4.78, 5) is 26.0. The summed E-state index contributed by atoms with van der Waals surface area (Å²) in [5.74, 6) is 0.810. The number of hydrogen-bond acceptors (Lipinski definition) is 6. The summed E-state index contributed by atoms with van der Waals surface area (Å²) in [5, 5.41) is 12.9. The van der Waals surface area contributed by atoms with E-state index < -0.39 is 23.6 Å². The first-order valence-electron chi connectivity index (χ1n) is 9.15. The number of benzene rings is 1. The topological polar surface area (TPSA) is 101 Å². The number of furan rings is 1. The maximum Gasteiger partial charge on any atom is 0.325 e. The van der Waals surface area contributed by atoms with Crippen LogP contribution in [0.3, 0.4) is 0 Å². The maximum atomic E-state index is 12.7. The van der Waals surface area contributed by atoms with E-state index in [2.05, 4.69) is 11.9 Å². The first-order chi connectivity index (χ1) is 13.9. The van der Waals surface area contributed by atoms with Crippen LogP contribution < -0.4 is 14.8 Å². The van der Waals surface area contributed by atoms with Crippen molar-refractivity contribution >= 4 is 11.9 Å². The number of amides is 3. The molecule has 0 spiro atoms. The Morgan fingerprint density at radius 3 is 2.79 bits per heavy atom. The largest absolute Gasteiger partial charge is 0.493 e. The highest BCUT2D eigenvalue weighted by molar-refractivity contribution is 6.06. The van der Waals surface area contributed by atoms with Crippen molar-refractivity contribution in [2.45, 2.75) is 25.0 Å². The predicted molar refractivity (Wildman–Crippen MR) is 105 cm³/mol. The third-order valence-electron chi connectivity index (χ3n) is 4.72. The molecule has 1 fully saturated rings. The van der Waals surface area contributed by atoms with E-state index in [1.807, 2.05) is 12.1 Å². The fourth-order valence-corrected chi connectivity index (χ4v) is 3.17. The second-order valence-electron chi connectivity index (χ2n) is 6.89. The number of nitrogens with zero attached hydrogens (tertiary/aromatic N) is 1. The predicted octanol–water partition coefficient (Wildman–Crippen LogP) is 2.22. The van der Waals surface area contributed by atoms with E-state index in [0.29, 0.717) is 23.7 Å². The minimum atomic E-state index is -1.30. The molecule has 0 saturated carbocycles. The van der Waals surface area contributed by atoms with Crippen LogP contribution >= 0.6 is 0 Å². The molecular weight excluding hydrogens is 376 g/mol. The van der Waals surface area contributed by atoms with Crippen LogP contribution in [0.1, 0.15) is 18.2 Å². The lowest BCUT2D eigenvalue weighted by atomic mass is 9.99. The summed E-state index contributed by atoms with van der Waals surface area (Å²) >= 11 is 0. The molecule has 2 N–H and O–H groups in total. The monoisotopic (exact) mass is 400 g/mol. The van der Waals surface area contributed by atoms with Crippen molar-refractivity contribution < 1.29 is 28.6 Å². The second-order valence-corrected chi connectivity index (χ2v) is 6.89. The maximum absolute atomic E-state index is 12.7. The number of aliphatic hydroxyl groups excluding tert-OH is 1. The van der Waals surface area contributed by atoms with E-state index in [1.165, 1.54) is 13.4 Å². The van der Waals surface area contributed by atoms with Crippen LogP contribution in [0.15, 0.2) is 53.7 Å². The van der Waals surface area contributed by atoms with E-state index in [1.54, 1.807) is 31.2 Å². The molecule has 1 aromatic carbocycles. The van der Waals surface area contributed by atoms with Crippen molar-refractivity contribution in [3.63, 3.8) is 0 Å². The van der Waals surface area contributed by atoms with Gasteiger partial charge in [-0.1, -0.05) is 12.1 Å². The Bertz CT molecular complexity index is 895. The first-order valence-corrected chi connectivity index (χ1v) is 9.15. The average molecular weight is 400 g/mol. The highest BCUT2D eigenvalue weighted by atomic mass is 16.5. The summed E-state index contributed by atoms with van der Waals surface area (Å²) in [6.45, 7) is 4.94. The molecule has 29 heavy (non-hydrogen) atoms. The van der Waals surface area contributed by atoms with Crippen molar-refractivity contribution in [1.29, 1.82) is 0 Å². The highest BCUT2D eigenvalue weighted by Crippen LogP contribution is 2.30. The summed E-state index contributed by atoms with van der Waals surface area (Å²) in [6.07, 6.45) is 2.83. The minimum absolute atomic E-state index is 0.119. The van der Waals surface area contributed by atoms with Gasteiger partial charge >= 0.3 is 6.03 Å². The van der Waals surface area contributed by atoms with Crippen LogP contribution in [0.2, 0.25) is 0 Å². The molecule has 1 aliphatic rings. The zero-order chi connectivity index (χ0) is 21.0. The van der Waals surface area contributed by atoms with E-state index in [0.717, 1.165) is 10.5 Å². The zero-order valence-electron chi connectivity index (χ0n) is 16.4. The minimum Gasteiger partial charge on any atom is -0.493 e. The SMILES string of the molecule is C=CCc1ccc(OCC(O)CN2C(=O)NC(C)(c3ccco3)C2=O)c(OC)c1. The summed E-state index contributed by atoms with van der Waals surface area (Å²) < 4.78 is 16.2. The Morgan fingerprint density at radius 2 is 2.14 bits per heavy atom. The molecule has 3 rings (SSSR count). The van der Waals surface area contributed by atoms with Gasteiger partial charge in [0.1, 0.15) is 18.5 Å². The number of carbonyl (C=O) groups is 2. The molecule has 0 aliphatic carbocycles. The number of aliphatic hydroxyl groups is 1. The van der Waals surface area contributed by atoms with Crippen molar-refractivity contribution in [1.82, 2.24) is 10.2 Å². The molecule has 1 aliphatic heterocycles. The van der Waals surface area contributed by atoms with E-state index >= 15 is 0 Å². The van der Waals surface area contributed by atoms with E-state index in [4.69, 9.17) is 13.9 Å². The van der Waals surface area contributed by atoms with Gasteiger partial charge in [0.2, 0.25) is 0 Å². The van der Waals surface area contributed by atoms with Gasteiger partial charge in [0.05, 0.1) is 19.9 Å².